The number of anilines is 2. The van der Waals surface area contributed by atoms with E-state index in [4.69, 9.17) is 11.6 Å². The van der Waals surface area contributed by atoms with Crippen LogP contribution >= 0.6 is 11.6 Å². The highest BCUT2D eigenvalue weighted by molar-refractivity contribution is 6.31. The van der Waals surface area contributed by atoms with Gasteiger partial charge in [0.2, 0.25) is 5.91 Å². The minimum atomic E-state index is -0.458. The molecule has 0 spiro atoms. The number of fused-ring (bicyclic) bond motifs is 1. The number of nitrogens with one attached hydrogen (secondary N) is 2. The molecule has 4 heteroatoms. The molecule has 3 nitrogen and oxygen atoms in total. The Morgan fingerprint density at radius 1 is 1.38 bits per heavy atom. The van der Waals surface area contributed by atoms with Gasteiger partial charge < -0.3 is 10.6 Å². The van der Waals surface area contributed by atoms with Crippen molar-refractivity contribution in [3.05, 3.63) is 23.2 Å². The highest BCUT2D eigenvalue weighted by Gasteiger charge is 2.49. The Balaban J connectivity index is 2.01. The van der Waals surface area contributed by atoms with E-state index in [0.717, 1.165) is 24.2 Å². The van der Waals surface area contributed by atoms with Crippen LogP contribution in [0.15, 0.2) is 18.2 Å². The zero-order valence-corrected chi connectivity index (χ0v) is 9.77. The number of carbonyl (C=O) groups is 1. The second-order valence-corrected chi connectivity index (χ2v) is 5.18. The molecule has 1 atom stereocenters. The molecule has 0 aromatic heterocycles. The average Bonchev–Trinajstić information content (AvgIpc) is 3.04. The van der Waals surface area contributed by atoms with E-state index in [9.17, 15) is 4.79 Å². The van der Waals surface area contributed by atoms with Gasteiger partial charge in [0.25, 0.3) is 0 Å². The molecule has 1 aromatic carbocycles. The standard InChI is InChI=1S/C12H13ClN2O/c1-12(7-2-3-7)11(16)14-10-6-8(13)4-5-9(10)15-12/h4-7,15H,2-3H2,1H3,(H,14,16). The van der Waals surface area contributed by atoms with E-state index in [0.29, 0.717) is 10.9 Å². The largest absolute Gasteiger partial charge is 0.370 e. The fourth-order valence-corrected chi connectivity index (χ4v) is 2.44. The van der Waals surface area contributed by atoms with Gasteiger partial charge >= 0.3 is 0 Å². The molecule has 1 heterocycles. The molecule has 3 rings (SSSR count). The van der Waals surface area contributed by atoms with E-state index in [1.165, 1.54) is 0 Å². The van der Waals surface area contributed by atoms with Crippen LogP contribution < -0.4 is 10.6 Å². The van der Waals surface area contributed by atoms with Crippen molar-refractivity contribution in [1.82, 2.24) is 0 Å². The minimum Gasteiger partial charge on any atom is -0.370 e. The van der Waals surface area contributed by atoms with Crippen LogP contribution in [0.1, 0.15) is 19.8 Å². The van der Waals surface area contributed by atoms with Crippen molar-refractivity contribution in [2.75, 3.05) is 10.6 Å². The molecule has 84 valence electrons. The third-order valence-corrected chi connectivity index (χ3v) is 3.72. The summed E-state index contributed by atoms with van der Waals surface area (Å²) in [5.41, 5.74) is 1.27. The zero-order valence-electron chi connectivity index (χ0n) is 9.01. The molecule has 2 N–H and O–H groups in total. The van der Waals surface area contributed by atoms with Crippen LogP contribution in [-0.4, -0.2) is 11.4 Å². The molecule has 1 aromatic rings. The predicted molar refractivity (Wildman–Crippen MR) is 64.8 cm³/mol. The van der Waals surface area contributed by atoms with Crippen LogP contribution in [0.2, 0.25) is 5.02 Å². The lowest BCUT2D eigenvalue weighted by Gasteiger charge is -2.36. The fourth-order valence-electron chi connectivity index (χ4n) is 2.27. The summed E-state index contributed by atoms with van der Waals surface area (Å²) >= 11 is 5.89. The van der Waals surface area contributed by atoms with E-state index in [1.54, 1.807) is 6.07 Å². The van der Waals surface area contributed by atoms with Crippen LogP contribution in [0.4, 0.5) is 11.4 Å². The van der Waals surface area contributed by atoms with Gasteiger partial charge in [-0.05, 0) is 43.9 Å². The molecule has 0 radical (unpaired) electrons. The van der Waals surface area contributed by atoms with Gasteiger partial charge in [-0.25, -0.2) is 0 Å². The molecule has 2 aliphatic rings. The topological polar surface area (TPSA) is 41.1 Å². The highest BCUT2D eigenvalue weighted by Crippen LogP contribution is 2.45. The first kappa shape index (κ1) is 9.97. The number of amides is 1. The molecular formula is C12H13ClN2O. The summed E-state index contributed by atoms with van der Waals surface area (Å²) in [6.45, 7) is 1.97. The first-order valence-electron chi connectivity index (χ1n) is 5.49. The minimum absolute atomic E-state index is 0.0461. The number of benzene rings is 1. The maximum Gasteiger partial charge on any atom is 0.250 e. The van der Waals surface area contributed by atoms with Crippen molar-refractivity contribution in [2.45, 2.75) is 25.3 Å². The molecule has 1 unspecified atom stereocenters. The third-order valence-electron chi connectivity index (χ3n) is 3.49. The van der Waals surface area contributed by atoms with Crippen molar-refractivity contribution in [3.8, 4) is 0 Å². The second kappa shape index (κ2) is 3.14. The van der Waals surface area contributed by atoms with E-state index >= 15 is 0 Å². The van der Waals surface area contributed by atoms with Crippen molar-refractivity contribution in [1.29, 1.82) is 0 Å². The maximum atomic E-state index is 12.1. The van der Waals surface area contributed by atoms with Crippen LogP contribution in [0.3, 0.4) is 0 Å². The molecule has 1 amide bonds. The third kappa shape index (κ3) is 1.39. The summed E-state index contributed by atoms with van der Waals surface area (Å²) in [4.78, 5) is 12.1. The molecule has 0 bridgehead atoms. The lowest BCUT2D eigenvalue weighted by molar-refractivity contribution is -0.120. The summed E-state index contributed by atoms with van der Waals surface area (Å²) in [6, 6.07) is 5.52. The van der Waals surface area contributed by atoms with E-state index in [2.05, 4.69) is 10.6 Å². The Labute approximate surface area is 99.2 Å². The average molecular weight is 237 g/mol. The number of halogens is 1. The Kier molecular flexibility index (Phi) is 1.96. The molecular weight excluding hydrogens is 224 g/mol. The van der Waals surface area contributed by atoms with Crippen LogP contribution in [0.5, 0.6) is 0 Å². The van der Waals surface area contributed by atoms with Gasteiger partial charge in [-0.15, -0.1) is 0 Å². The number of hydrogen-bond donors (Lipinski definition) is 2. The molecule has 0 saturated heterocycles. The predicted octanol–water partition coefficient (Wildman–Crippen LogP) is 2.87. The SMILES string of the molecule is CC1(C2CC2)Nc2ccc(Cl)cc2NC1=O. The Morgan fingerprint density at radius 2 is 2.12 bits per heavy atom. The number of carbonyl (C=O) groups excluding carboxylic acids is 1. The molecule has 1 fully saturated rings. The molecule has 1 aliphatic carbocycles. The molecule has 1 aliphatic heterocycles. The van der Waals surface area contributed by atoms with Gasteiger partial charge in [0.05, 0.1) is 11.4 Å². The van der Waals surface area contributed by atoms with E-state index in [-0.39, 0.29) is 5.91 Å². The van der Waals surface area contributed by atoms with E-state index < -0.39 is 5.54 Å². The van der Waals surface area contributed by atoms with Crippen molar-refractivity contribution in [2.24, 2.45) is 5.92 Å². The highest BCUT2D eigenvalue weighted by atomic mass is 35.5. The summed E-state index contributed by atoms with van der Waals surface area (Å²) in [5, 5.41) is 6.90. The van der Waals surface area contributed by atoms with Gasteiger partial charge in [0, 0.05) is 5.02 Å². The van der Waals surface area contributed by atoms with Gasteiger partial charge in [0.15, 0.2) is 0 Å². The smallest absolute Gasteiger partial charge is 0.250 e. The van der Waals surface area contributed by atoms with Crippen LogP contribution in [-0.2, 0) is 4.79 Å². The Hall–Kier alpha value is -1.22. The molecule has 16 heavy (non-hydrogen) atoms. The fraction of sp³-hybridized carbons (Fsp3) is 0.417. The first-order chi connectivity index (χ1) is 7.59. The Bertz CT molecular complexity index is 470. The van der Waals surface area contributed by atoms with Gasteiger partial charge in [-0.1, -0.05) is 11.6 Å². The Morgan fingerprint density at radius 3 is 2.81 bits per heavy atom. The normalized spacial score (nSPS) is 28.0. The van der Waals surface area contributed by atoms with E-state index in [1.807, 2.05) is 19.1 Å². The quantitative estimate of drug-likeness (QED) is 0.787. The first-order valence-corrected chi connectivity index (χ1v) is 5.86. The van der Waals surface area contributed by atoms with Crippen molar-refractivity contribution in [3.63, 3.8) is 0 Å². The molecule has 1 saturated carbocycles. The van der Waals surface area contributed by atoms with Gasteiger partial charge in [-0.3, -0.25) is 4.79 Å². The van der Waals surface area contributed by atoms with Crippen molar-refractivity contribution < 1.29 is 4.79 Å². The summed E-state index contributed by atoms with van der Waals surface area (Å²) < 4.78 is 0. The van der Waals surface area contributed by atoms with Gasteiger partial charge in [0.1, 0.15) is 5.54 Å². The number of hydrogen-bond acceptors (Lipinski definition) is 2. The van der Waals surface area contributed by atoms with Gasteiger partial charge in [-0.2, -0.15) is 0 Å². The van der Waals surface area contributed by atoms with Crippen LogP contribution in [0, 0.1) is 5.92 Å². The second-order valence-electron chi connectivity index (χ2n) is 4.75. The monoisotopic (exact) mass is 236 g/mol. The van der Waals surface area contributed by atoms with Crippen LogP contribution in [0.25, 0.3) is 0 Å². The maximum absolute atomic E-state index is 12.1. The zero-order chi connectivity index (χ0) is 11.3. The lowest BCUT2D eigenvalue weighted by Crippen LogP contribution is -2.51. The van der Waals surface area contributed by atoms with Crippen molar-refractivity contribution >= 4 is 28.9 Å². The summed E-state index contributed by atoms with van der Waals surface area (Å²) in [6.07, 6.45) is 2.25. The number of rotatable bonds is 1. The summed E-state index contributed by atoms with van der Waals surface area (Å²) in [7, 11) is 0. The lowest BCUT2D eigenvalue weighted by atomic mass is 9.91. The summed E-state index contributed by atoms with van der Waals surface area (Å²) in [5.74, 6) is 0.501.